The van der Waals surface area contributed by atoms with Crippen molar-refractivity contribution < 1.29 is 14.4 Å². The maximum atomic E-state index is 10.1. The van der Waals surface area contributed by atoms with E-state index < -0.39 is 0 Å². The van der Waals surface area contributed by atoms with Crippen molar-refractivity contribution in [2.45, 2.75) is 64.5 Å². The van der Waals surface area contributed by atoms with Gasteiger partial charge in [0.05, 0.1) is 35.0 Å². The molecule has 4 aromatic rings. The molecule has 2 aromatic heterocycles. The van der Waals surface area contributed by atoms with Crippen LogP contribution in [0.1, 0.15) is 54.6 Å². The van der Waals surface area contributed by atoms with Gasteiger partial charge in [0.15, 0.2) is 0 Å². The van der Waals surface area contributed by atoms with E-state index in [2.05, 4.69) is 34.0 Å². The molecule has 0 saturated heterocycles. The van der Waals surface area contributed by atoms with Gasteiger partial charge in [-0.2, -0.15) is 0 Å². The van der Waals surface area contributed by atoms with Gasteiger partial charge >= 0.3 is 0 Å². The van der Waals surface area contributed by atoms with E-state index in [1.807, 2.05) is 26.0 Å². The van der Waals surface area contributed by atoms with Crippen molar-refractivity contribution in [3.8, 4) is 16.9 Å². The summed E-state index contributed by atoms with van der Waals surface area (Å²) in [4.78, 5) is 5.10. The first kappa shape index (κ1) is 22.9. The molecule has 5 rings (SSSR count). The van der Waals surface area contributed by atoms with E-state index in [1.165, 1.54) is 0 Å². The van der Waals surface area contributed by atoms with Crippen LogP contribution in [-0.2, 0) is 12.8 Å². The molecule has 1 N–H and O–H groups in total. The van der Waals surface area contributed by atoms with E-state index in [1.54, 1.807) is 7.11 Å². The van der Waals surface area contributed by atoms with Gasteiger partial charge < -0.3 is 18.9 Å². The van der Waals surface area contributed by atoms with Crippen LogP contribution in [0.2, 0.25) is 5.02 Å². The second kappa shape index (κ2) is 9.43. The Morgan fingerprint density at radius 2 is 1.88 bits per heavy atom. The van der Waals surface area contributed by atoms with E-state index in [4.69, 9.17) is 25.8 Å². The number of benzene rings is 2. The summed E-state index contributed by atoms with van der Waals surface area (Å²) in [5, 5.41) is 14.8. The third-order valence-corrected chi connectivity index (χ3v) is 7.26. The molecule has 0 radical (unpaired) electrons. The zero-order chi connectivity index (χ0) is 23.8. The zero-order valence-corrected chi connectivity index (χ0v) is 20.6. The van der Waals surface area contributed by atoms with E-state index in [-0.39, 0.29) is 6.10 Å². The number of ether oxygens (including phenoxy) is 1. The molecular formula is C27H30ClN3O3. The average Bonchev–Trinajstić information content (AvgIpc) is 3.36. The minimum Gasteiger partial charge on any atom is -0.495 e. The summed E-state index contributed by atoms with van der Waals surface area (Å²) >= 11 is 6.35. The quantitative estimate of drug-likeness (QED) is 0.354. The van der Waals surface area contributed by atoms with Crippen LogP contribution in [0.3, 0.4) is 0 Å². The molecule has 2 heterocycles. The van der Waals surface area contributed by atoms with Gasteiger partial charge in [-0.25, -0.2) is 4.98 Å². The Morgan fingerprint density at radius 1 is 1.09 bits per heavy atom. The Labute approximate surface area is 204 Å². The van der Waals surface area contributed by atoms with Gasteiger partial charge in [-0.05, 0) is 81.3 Å². The first-order valence-corrected chi connectivity index (χ1v) is 12.3. The molecular weight excluding hydrogens is 450 g/mol. The van der Waals surface area contributed by atoms with Crippen molar-refractivity contribution >= 4 is 22.6 Å². The van der Waals surface area contributed by atoms with E-state index in [0.717, 1.165) is 83.5 Å². The number of methoxy groups -OCH3 is 1. The molecule has 178 valence electrons. The van der Waals surface area contributed by atoms with E-state index in [0.29, 0.717) is 16.8 Å². The van der Waals surface area contributed by atoms with Crippen LogP contribution in [0.15, 0.2) is 40.9 Å². The Bertz CT molecular complexity index is 1300. The monoisotopic (exact) mass is 479 g/mol. The van der Waals surface area contributed by atoms with Gasteiger partial charge in [-0.3, -0.25) is 0 Å². The Morgan fingerprint density at radius 3 is 2.56 bits per heavy atom. The van der Waals surface area contributed by atoms with Crippen molar-refractivity contribution in [1.82, 2.24) is 14.7 Å². The Balaban J connectivity index is 1.52. The Kier molecular flexibility index (Phi) is 6.36. The smallest absolute Gasteiger partial charge is 0.141 e. The van der Waals surface area contributed by atoms with Crippen LogP contribution < -0.4 is 4.74 Å². The van der Waals surface area contributed by atoms with Gasteiger partial charge in [0.25, 0.3) is 0 Å². The van der Waals surface area contributed by atoms with Crippen LogP contribution in [0.5, 0.6) is 5.75 Å². The molecule has 0 amide bonds. The summed E-state index contributed by atoms with van der Waals surface area (Å²) in [6, 6.07) is 12.7. The van der Waals surface area contributed by atoms with Crippen molar-refractivity contribution in [3.63, 3.8) is 0 Å². The lowest BCUT2D eigenvalue weighted by atomic mass is 9.92. The van der Waals surface area contributed by atoms with Gasteiger partial charge in [0.1, 0.15) is 17.3 Å². The molecule has 1 aliphatic rings. The van der Waals surface area contributed by atoms with Crippen molar-refractivity contribution in [3.05, 3.63) is 64.3 Å². The highest BCUT2D eigenvalue weighted by molar-refractivity contribution is 6.32. The van der Waals surface area contributed by atoms with Crippen LogP contribution in [0.25, 0.3) is 22.2 Å². The number of aryl methyl sites for hydroxylation is 4. The first-order chi connectivity index (χ1) is 16.4. The molecule has 0 spiro atoms. The lowest BCUT2D eigenvalue weighted by Crippen LogP contribution is -2.22. The summed E-state index contributed by atoms with van der Waals surface area (Å²) in [7, 11) is 1.63. The number of aromatic nitrogens is 3. The van der Waals surface area contributed by atoms with Crippen molar-refractivity contribution in [1.29, 1.82) is 0 Å². The topological polar surface area (TPSA) is 73.3 Å². The number of fused-ring (bicyclic) bond motifs is 1. The molecule has 1 fully saturated rings. The van der Waals surface area contributed by atoms with Crippen LogP contribution in [-0.4, -0.2) is 33.0 Å². The summed E-state index contributed by atoms with van der Waals surface area (Å²) in [5.41, 5.74) is 6.26. The molecule has 2 aromatic carbocycles. The molecule has 6 nitrogen and oxygen atoms in total. The maximum Gasteiger partial charge on any atom is 0.141 e. The van der Waals surface area contributed by atoms with Gasteiger partial charge in [0.2, 0.25) is 0 Å². The minimum absolute atomic E-state index is 0.193. The fraction of sp³-hybridized carbons (Fsp3) is 0.407. The number of aliphatic hydroxyl groups excluding tert-OH is 1. The number of imidazole rings is 1. The number of hydrogen-bond donors (Lipinski definition) is 1. The summed E-state index contributed by atoms with van der Waals surface area (Å²) < 4.78 is 13.1. The predicted octanol–water partition coefficient (Wildman–Crippen LogP) is 6.23. The van der Waals surface area contributed by atoms with Gasteiger partial charge in [-0.15, -0.1) is 0 Å². The lowest BCUT2D eigenvalue weighted by molar-refractivity contribution is 0.111. The maximum absolute atomic E-state index is 10.1. The van der Waals surface area contributed by atoms with Crippen molar-refractivity contribution in [2.24, 2.45) is 0 Å². The SMILES string of the molecule is COc1ccc(CCc2nc3cc(-c4c(C)noc4C)ccc3n2C2CCC(O)CC2)cc1Cl. The largest absolute Gasteiger partial charge is 0.495 e. The fourth-order valence-corrected chi connectivity index (χ4v) is 5.50. The van der Waals surface area contributed by atoms with Crippen molar-refractivity contribution in [2.75, 3.05) is 7.11 Å². The molecule has 0 aliphatic heterocycles. The molecule has 7 heteroatoms. The first-order valence-electron chi connectivity index (χ1n) is 11.9. The zero-order valence-electron chi connectivity index (χ0n) is 19.8. The highest BCUT2D eigenvalue weighted by Gasteiger charge is 2.25. The second-order valence-corrected chi connectivity index (χ2v) is 9.64. The molecule has 1 saturated carbocycles. The molecule has 0 atom stereocenters. The normalized spacial score (nSPS) is 18.5. The fourth-order valence-electron chi connectivity index (χ4n) is 5.22. The summed E-state index contributed by atoms with van der Waals surface area (Å²) in [5.74, 6) is 2.57. The van der Waals surface area contributed by atoms with E-state index in [9.17, 15) is 5.11 Å². The standard InChI is InChI=1S/C27H30ClN3O3/c1-16-27(17(2)34-30-16)19-6-11-24-23(15-19)29-26(31(24)20-7-9-21(32)10-8-20)13-5-18-4-12-25(33-3)22(28)14-18/h4,6,11-12,14-15,20-21,32H,5,7-10,13H2,1-3H3. The number of nitrogens with zero attached hydrogens (tertiary/aromatic N) is 3. The Hall–Kier alpha value is -2.83. The van der Waals surface area contributed by atoms with Crippen LogP contribution in [0.4, 0.5) is 0 Å². The molecule has 0 bridgehead atoms. The number of rotatable bonds is 6. The van der Waals surface area contributed by atoms with E-state index >= 15 is 0 Å². The molecule has 1 aliphatic carbocycles. The lowest BCUT2D eigenvalue weighted by Gasteiger charge is -2.28. The van der Waals surface area contributed by atoms with Gasteiger partial charge in [-0.1, -0.05) is 28.9 Å². The van der Waals surface area contributed by atoms with Crippen LogP contribution in [0, 0.1) is 13.8 Å². The second-order valence-electron chi connectivity index (χ2n) is 9.23. The molecule has 34 heavy (non-hydrogen) atoms. The average molecular weight is 480 g/mol. The summed E-state index contributed by atoms with van der Waals surface area (Å²) in [6.07, 6.45) is 5.02. The molecule has 0 unspecified atom stereocenters. The van der Waals surface area contributed by atoms with Crippen LogP contribution >= 0.6 is 11.6 Å². The predicted molar refractivity (Wildman–Crippen MR) is 134 cm³/mol. The highest BCUT2D eigenvalue weighted by Crippen LogP contribution is 2.36. The number of aliphatic hydroxyl groups is 1. The van der Waals surface area contributed by atoms with Gasteiger partial charge in [0, 0.05) is 18.0 Å². The number of hydrogen-bond acceptors (Lipinski definition) is 5. The third-order valence-electron chi connectivity index (χ3n) is 6.97. The number of halogens is 1. The highest BCUT2D eigenvalue weighted by atomic mass is 35.5. The third kappa shape index (κ3) is 4.32. The minimum atomic E-state index is -0.193. The summed E-state index contributed by atoms with van der Waals surface area (Å²) in [6.45, 7) is 3.91.